The fourth-order valence-corrected chi connectivity index (χ4v) is 37.3. The first-order chi connectivity index (χ1) is 37.6. The van der Waals surface area contributed by atoms with Gasteiger partial charge in [-0.05, 0) is 363 Å². The van der Waals surface area contributed by atoms with E-state index in [9.17, 15) is 0 Å². The summed E-state index contributed by atoms with van der Waals surface area (Å²) in [6, 6.07) is 0. The maximum atomic E-state index is 4.43. The lowest BCUT2D eigenvalue weighted by Gasteiger charge is -2.79. The highest BCUT2D eigenvalue weighted by molar-refractivity contribution is 5.32. The van der Waals surface area contributed by atoms with Crippen LogP contribution in [0.5, 0.6) is 0 Å². The molecule has 0 nitrogen and oxygen atoms in total. The van der Waals surface area contributed by atoms with Crippen molar-refractivity contribution >= 4 is 0 Å². The van der Waals surface area contributed by atoms with Crippen molar-refractivity contribution < 1.29 is 0 Å². The molecule has 0 aromatic heterocycles. The third-order valence-electron chi connectivity index (χ3n) is 33.0. The summed E-state index contributed by atoms with van der Waals surface area (Å²) in [7, 11) is 0. The molecule has 0 aromatic carbocycles. The molecule has 0 amide bonds. The lowest BCUT2D eigenvalue weighted by atomic mass is 9.25. The third kappa shape index (κ3) is 7.31. The molecule has 81 heavy (non-hydrogen) atoms. The molecule has 0 saturated heterocycles. The van der Waals surface area contributed by atoms with Crippen LogP contribution in [0.25, 0.3) is 0 Å². The van der Waals surface area contributed by atoms with Gasteiger partial charge in [-0.15, -0.1) is 39.5 Å². The van der Waals surface area contributed by atoms with Gasteiger partial charge in [0.15, 0.2) is 0 Å². The van der Waals surface area contributed by atoms with Gasteiger partial charge < -0.3 is 0 Å². The highest BCUT2D eigenvalue weighted by Crippen LogP contribution is 2.88. The normalized spacial score (nSPS) is 65.5. The number of hydrogen-bond acceptors (Lipinski definition) is 0. The van der Waals surface area contributed by atoms with Crippen LogP contribution in [0.4, 0.5) is 0 Å². The Balaban J connectivity index is 0.000000100. The summed E-state index contributed by atoms with van der Waals surface area (Å²) in [6.07, 6.45) is 67.7. The number of rotatable bonds is 9. The molecule has 0 aromatic rings. The van der Waals surface area contributed by atoms with Gasteiger partial charge in [0, 0.05) is 0 Å². The summed E-state index contributed by atoms with van der Waals surface area (Å²) in [5.41, 5.74) is 11.2. The van der Waals surface area contributed by atoms with E-state index in [1.807, 2.05) is 0 Å². The molecule has 14 atom stereocenters. The van der Waals surface area contributed by atoms with E-state index in [1.54, 1.807) is 12.8 Å². The molecule has 24 bridgehead atoms. The van der Waals surface area contributed by atoms with Gasteiger partial charge in [-0.2, -0.15) is 0 Å². The maximum Gasteiger partial charge on any atom is -0.0105 e. The zero-order valence-corrected chi connectivity index (χ0v) is 54.4. The summed E-state index contributed by atoms with van der Waals surface area (Å²) in [5.74, 6) is 2.97. The molecule has 0 spiro atoms. The molecule has 24 aliphatic rings. The average molecular weight is 1090 g/mol. The lowest BCUT2D eigenvalue weighted by Crippen LogP contribution is -2.70. The summed E-state index contributed by atoms with van der Waals surface area (Å²) < 4.78 is 0. The Bertz CT molecular complexity index is 2670. The van der Waals surface area contributed by atoms with Crippen molar-refractivity contribution in [3.63, 3.8) is 0 Å². The van der Waals surface area contributed by atoms with Gasteiger partial charge in [-0.1, -0.05) is 98.8 Å². The summed E-state index contributed by atoms with van der Waals surface area (Å²) in [4.78, 5) is 0. The van der Waals surface area contributed by atoms with E-state index >= 15 is 0 Å². The Morgan fingerprint density at radius 2 is 0.432 bits per heavy atom. The quantitative estimate of drug-likeness (QED) is 0.202. The molecule has 0 radical (unpaired) electrons. The van der Waals surface area contributed by atoms with Crippen LogP contribution in [-0.4, -0.2) is 0 Å². The smallest absolute Gasteiger partial charge is 0.0105 e. The molecule has 0 heteroatoms. The van der Waals surface area contributed by atoms with Crippen LogP contribution >= 0.6 is 0 Å². The van der Waals surface area contributed by atoms with Gasteiger partial charge in [0.05, 0.1) is 0 Å². The zero-order chi connectivity index (χ0) is 56.9. The molecule has 0 heterocycles. The Kier molecular flexibility index (Phi) is 10.3. The molecule has 24 saturated carbocycles. The van der Waals surface area contributed by atoms with Crippen LogP contribution < -0.4 is 0 Å². The minimum atomic E-state index is 0.421. The number of allylic oxidation sites excluding steroid dienone is 6. The minimum absolute atomic E-state index is 0.421. The van der Waals surface area contributed by atoms with E-state index in [-0.39, 0.29) is 0 Å². The van der Waals surface area contributed by atoms with Gasteiger partial charge in [0.1, 0.15) is 0 Å². The Morgan fingerprint density at radius 1 is 0.198 bits per heavy atom. The molecule has 24 rings (SSSR count). The molecule has 0 aliphatic heterocycles. The Hall–Kier alpha value is -1.56. The molecule has 444 valence electrons. The molecular weight excluding hydrogens is 973 g/mol. The Morgan fingerprint density at radius 3 is 0.741 bits per heavy atom. The highest BCUT2D eigenvalue weighted by Gasteiger charge is 2.78. The largest absolute Gasteiger partial charge is 0.103 e. The van der Waals surface area contributed by atoms with Crippen LogP contribution in [0.2, 0.25) is 0 Å². The van der Waals surface area contributed by atoms with Crippen molar-refractivity contribution in [1.82, 2.24) is 0 Å². The SMILES string of the molecule is C=CC12CC3(C)CC(C)(C1)CC(C14CC5(C)CC(C)(CC(C=C)(C5)C1)C4)(C3)C2.C=CC12CC3CC(C)(C1)CC(C14CC5(C)CC(C)(CC(C=C)(C5)C1)C4)(C3)C2.C=CC12CC3CC(C1)CC(C14CC5(C)CC(C)(CC(C=C)(C5)C1)C4)(C3)C2. The zero-order valence-electron chi connectivity index (χ0n) is 54.4. The van der Waals surface area contributed by atoms with Crippen LogP contribution in [0, 0.1) is 131 Å². The van der Waals surface area contributed by atoms with Crippen molar-refractivity contribution in [2.45, 2.75) is 293 Å². The predicted octanol–water partition coefficient (Wildman–Crippen LogP) is 23.1. The standard InChI is InChI=1S/C28H42.C27H40.C26H38/c1-7-25-11-21(3)9-22(4,12-25)16-27(15-21,19-25)28-17-23(5)10-24(6,18-28)14-26(8-2,13-23)20-28;1-6-24-9-20-8-21(3,12-24)15-26(10-20,18-24)27-16-22(4)11-23(5,17-27)14-25(7-2,13-22)19-27;1-5-23-8-19-7-20(9-23)11-25(10-19,17-23)26-15-21(3)12-22(4,16-26)14-24(6-2,13-21)18-26/h7-8H,1-2,9-20H2,3-6H3;6-7,20H,1-2,8-19H2,3-5H3;5-6,19-20H,1-2,7-18H2,3-4H3. The van der Waals surface area contributed by atoms with Crippen molar-refractivity contribution in [2.24, 2.45) is 131 Å². The Labute approximate surface area is 498 Å². The second-order valence-electron chi connectivity index (χ2n) is 42.6. The van der Waals surface area contributed by atoms with Crippen molar-refractivity contribution in [3.05, 3.63) is 75.9 Å². The van der Waals surface area contributed by atoms with E-state index in [1.165, 1.54) is 218 Å². The van der Waals surface area contributed by atoms with E-state index in [4.69, 9.17) is 0 Å². The molecule has 24 aliphatic carbocycles. The second-order valence-corrected chi connectivity index (χ2v) is 42.6. The molecule has 24 fully saturated rings. The minimum Gasteiger partial charge on any atom is -0.103 e. The maximum absolute atomic E-state index is 4.43. The van der Waals surface area contributed by atoms with Crippen molar-refractivity contribution in [2.75, 3.05) is 0 Å². The first-order valence-corrected chi connectivity index (χ1v) is 35.4. The van der Waals surface area contributed by atoms with Crippen LogP contribution in [0.1, 0.15) is 293 Å². The number of hydrogen-bond donors (Lipinski definition) is 0. The fourth-order valence-electron chi connectivity index (χ4n) is 37.3. The molecule has 14 unspecified atom stereocenters. The first kappa shape index (κ1) is 54.8. The van der Waals surface area contributed by atoms with Gasteiger partial charge in [0.2, 0.25) is 0 Å². The fraction of sp³-hybridized carbons (Fsp3) is 0.852. The van der Waals surface area contributed by atoms with Crippen molar-refractivity contribution in [1.29, 1.82) is 0 Å². The summed E-state index contributed by atoms with van der Waals surface area (Å²) in [5, 5.41) is 0. The van der Waals surface area contributed by atoms with Crippen LogP contribution in [0.3, 0.4) is 0 Å². The molecular formula is C81H120. The van der Waals surface area contributed by atoms with E-state index in [2.05, 4.69) is 138 Å². The van der Waals surface area contributed by atoms with Gasteiger partial charge in [0.25, 0.3) is 0 Å². The van der Waals surface area contributed by atoms with Gasteiger partial charge in [-0.25, -0.2) is 0 Å². The first-order valence-electron chi connectivity index (χ1n) is 35.4. The van der Waals surface area contributed by atoms with Crippen molar-refractivity contribution in [3.8, 4) is 0 Å². The van der Waals surface area contributed by atoms with Gasteiger partial charge >= 0.3 is 0 Å². The predicted molar refractivity (Wildman–Crippen MR) is 340 cm³/mol. The topological polar surface area (TPSA) is 0 Å². The third-order valence-corrected chi connectivity index (χ3v) is 33.0. The summed E-state index contributed by atoms with van der Waals surface area (Å²) >= 11 is 0. The molecule has 0 N–H and O–H groups in total. The monoisotopic (exact) mass is 1090 g/mol. The van der Waals surface area contributed by atoms with E-state index < -0.39 is 0 Å². The highest BCUT2D eigenvalue weighted by atomic mass is 14.8. The van der Waals surface area contributed by atoms with E-state index in [0.717, 1.165) is 17.8 Å². The second kappa shape index (κ2) is 15.3. The van der Waals surface area contributed by atoms with Crippen LogP contribution in [0.15, 0.2) is 75.9 Å². The van der Waals surface area contributed by atoms with Gasteiger partial charge in [-0.3, -0.25) is 0 Å². The van der Waals surface area contributed by atoms with Crippen LogP contribution in [-0.2, 0) is 0 Å². The summed E-state index contributed by atoms with van der Waals surface area (Å²) in [6.45, 7) is 50.3. The van der Waals surface area contributed by atoms with E-state index in [0.29, 0.717) is 114 Å². The average Bonchev–Trinajstić information content (AvgIpc) is 1.78. The lowest BCUT2D eigenvalue weighted by molar-refractivity contribution is -0.285.